The fourth-order valence-electron chi connectivity index (χ4n) is 3.72. The number of benzene rings is 2. The van der Waals surface area contributed by atoms with Gasteiger partial charge in [0.05, 0.1) is 17.1 Å². The van der Waals surface area contributed by atoms with E-state index in [4.69, 9.17) is 16.6 Å². The van der Waals surface area contributed by atoms with Crippen LogP contribution in [0.4, 0.5) is 5.69 Å². The third-order valence-corrected chi connectivity index (χ3v) is 5.86. The summed E-state index contributed by atoms with van der Waals surface area (Å²) >= 11 is 6.27. The monoisotopic (exact) mass is 458 g/mol. The molecule has 3 aromatic heterocycles. The van der Waals surface area contributed by atoms with Crippen molar-refractivity contribution in [2.24, 2.45) is 0 Å². The average molecular weight is 459 g/mol. The van der Waals surface area contributed by atoms with Crippen LogP contribution in [0.3, 0.4) is 0 Å². The molecule has 2 aromatic carbocycles. The standard InChI is InChI=1S/C25H19ClN4OS/c1-32(31)29-21-10-8-17(9-11-21)22-16-19(12-13-27-22)25-24(18-5-4-6-20(26)15-18)28-23-7-2-3-14-30(23)25/h2-16,29H,1H3. The highest BCUT2D eigenvalue weighted by molar-refractivity contribution is 7.85. The van der Waals surface area contributed by atoms with E-state index >= 15 is 0 Å². The number of halogens is 1. The maximum atomic E-state index is 11.4. The van der Waals surface area contributed by atoms with Crippen molar-refractivity contribution in [1.82, 2.24) is 14.4 Å². The van der Waals surface area contributed by atoms with E-state index in [1.807, 2.05) is 85.2 Å². The predicted octanol–water partition coefficient (Wildman–Crippen LogP) is 6.09. The van der Waals surface area contributed by atoms with E-state index in [2.05, 4.69) is 20.2 Å². The molecule has 0 saturated heterocycles. The fraction of sp³-hybridized carbons (Fsp3) is 0.0400. The lowest BCUT2D eigenvalue weighted by Crippen LogP contribution is -2.00. The molecule has 7 heteroatoms. The van der Waals surface area contributed by atoms with Crippen molar-refractivity contribution in [3.05, 3.63) is 96.3 Å². The lowest BCUT2D eigenvalue weighted by Gasteiger charge is -2.09. The normalized spacial score (nSPS) is 12.1. The van der Waals surface area contributed by atoms with Crippen molar-refractivity contribution in [2.75, 3.05) is 11.0 Å². The van der Waals surface area contributed by atoms with Gasteiger partial charge in [0.25, 0.3) is 0 Å². The van der Waals surface area contributed by atoms with Gasteiger partial charge in [0.1, 0.15) is 16.6 Å². The molecule has 1 atom stereocenters. The first-order chi connectivity index (χ1) is 15.6. The number of hydrogen-bond acceptors (Lipinski definition) is 3. The summed E-state index contributed by atoms with van der Waals surface area (Å²) < 4.78 is 16.4. The molecule has 0 aliphatic rings. The molecule has 1 unspecified atom stereocenters. The zero-order valence-corrected chi connectivity index (χ0v) is 18.8. The van der Waals surface area contributed by atoms with Crippen LogP contribution in [0.15, 0.2) is 91.3 Å². The molecule has 0 radical (unpaired) electrons. The number of aromatic nitrogens is 3. The van der Waals surface area contributed by atoms with Crippen LogP contribution in [0.2, 0.25) is 5.02 Å². The Kier molecular flexibility index (Phi) is 5.47. The number of nitrogens with one attached hydrogen (secondary N) is 1. The molecule has 0 spiro atoms. The number of pyridine rings is 2. The smallest absolute Gasteiger partial charge is 0.137 e. The summed E-state index contributed by atoms with van der Waals surface area (Å²) in [7, 11) is -1.11. The van der Waals surface area contributed by atoms with Gasteiger partial charge in [-0.15, -0.1) is 0 Å². The van der Waals surface area contributed by atoms with Crippen LogP contribution < -0.4 is 4.72 Å². The van der Waals surface area contributed by atoms with Gasteiger partial charge >= 0.3 is 0 Å². The van der Waals surface area contributed by atoms with Crippen molar-refractivity contribution in [3.8, 4) is 33.8 Å². The Morgan fingerprint density at radius 3 is 2.53 bits per heavy atom. The Bertz CT molecular complexity index is 1450. The molecule has 5 aromatic rings. The third-order valence-electron chi connectivity index (χ3n) is 5.10. The molecule has 0 aliphatic carbocycles. The first-order valence-electron chi connectivity index (χ1n) is 9.98. The first kappa shape index (κ1) is 20.4. The van der Waals surface area contributed by atoms with Crippen LogP contribution in [0.1, 0.15) is 0 Å². The zero-order chi connectivity index (χ0) is 22.1. The molecule has 5 nitrogen and oxygen atoms in total. The second-order valence-corrected chi connectivity index (χ2v) is 8.86. The summed E-state index contributed by atoms with van der Waals surface area (Å²) in [6.07, 6.45) is 5.42. The van der Waals surface area contributed by atoms with Gasteiger partial charge in [-0.25, -0.2) is 9.19 Å². The molecule has 0 amide bonds. The van der Waals surface area contributed by atoms with Gasteiger partial charge in [-0.05, 0) is 48.5 Å². The number of rotatable bonds is 5. The minimum Gasteiger partial charge on any atom is -0.305 e. The Hall–Kier alpha value is -3.48. The molecule has 3 heterocycles. The minimum absolute atomic E-state index is 0.669. The maximum Gasteiger partial charge on any atom is 0.137 e. The molecular weight excluding hydrogens is 440 g/mol. The molecule has 0 bridgehead atoms. The van der Waals surface area contributed by atoms with E-state index in [9.17, 15) is 4.21 Å². The van der Waals surface area contributed by atoms with Crippen LogP contribution in [0.5, 0.6) is 0 Å². The van der Waals surface area contributed by atoms with Gasteiger partial charge in [0, 0.05) is 46.0 Å². The van der Waals surface area contributed by atoms with Crippen LogP contribution in [-0.2, 0) is 11.0 Å². The topological polar surface area (TPSA) is 59.3 Å². The van der Waals surface area contributed by atoms with E-state index in [-0.39, 0.29) is 0 Å². The summed E-state index contributed by atoms with van der Waals surface area (Å²) in [6, 6.07) is 25.5. The Morgan fingerprint density at radius 2 is 1.75 bits per heavy atom. The van der Waals surface area contributed by atoms with Gasteiger partial charge in [0.2, 0.25) is 0 Å². The SMILES string of the molecule is CS(=O)Nc1ccc(-c2cc(-c3c(-c4cccc(Cl)c4)nc4ccccn34)ccn2)cc1. The molecule has 0 aliphatic heterocycles. The van der Waals surface area contributed by atoms with Crippen molar-refractivity contribution in [3.63, 3.8) is 0 Å². The van der Waals surface area contributed by atoms with Crippen molar-refractivity contribution >= 4 is 33.9 Å². The summed E-state index contributed by atoms with van der Waals surface area (Å²) in [5.41, 5.74) is 7.27. The highest BCUT2D eigenvalue weighted by Gasteiger charge is 2.17. The number of imidazole rings is 1. The van der Waals surface area contributed by atoms with E-state index in [1.165, 1.54) is 0 Å². The number of hydrogen-bond donors (Lipinski definition) is 1. The van der Waals surface area contributed by atoms with Crippen LogP contribution in [-0.4, -0.2) is 24.8 Å². The molecule has 0 saturated carbocycles. The van der Waals surface area contributed by atoms with Gasteiger partial charge < -0.3 is 4.72 Å². The fourth-order valence-corrected chi connectivity index (χ4v) is 4.38. The Labute approximate surface area is 193 Å². The van der Waals surface area contributed by atoms with Crippen molar-refractivity contribution in [2.45, 2.75) is 0 Å². The summed E-state index contributed by atoms with van der Waals surface area (Å²) in [5, 5.41) is 0.669. The van der Waals surface area contributed by atoms with E-state index in [0.717, 1.165) is 45.1 Å². The lowest BCUT2D eigenvalue weighted by molar-refractivity contribution is 0.690. The summed E-state index contributed by atoms with van der Waals surface area (Å²) in [4.78, 5) is 9.46. The molecule has 32 heavy (non-hydrogen) atoms. The van der Waals surface area contributed by atoms with Gasteiger partial charge in [0.15, 0.2) is 0 Å². The van der Waals surface area contributed by atoms with E-state index in [0.29, 0.717) is 5.02 Å². The largest absolute Gasteiger partial charge is 0.305 e. The van der Waals surface area contributed by atoms with Crippen LogP contribution >= 0.6 is 11.6 Å². The summed E-state index contributed by atoms with van der Waals surface area (Å²) in [6.45, 7) is 0. The first-order valence-corrected chi connectivity index (χ1v) is 11.9. The van der Waals surface area contributed by atoms with Crippen molar-refractivity contribution in [1.29, 1.82) is 0 Å². The second kappa shape index (κ2) is 8.57. The molecule has 1 N–H and O–H groups in total. The number of fused-ring (bicyclic) bond motifs is 1. The quantitative estimate of drug-likeness (QED) is 0.346. The van der Waals surface area contributed by atoms with Gasteiger partial charge in [-0.2, -0.15) is 0 Å². The lowest BCUT2D eigenvalue weighted by atomic mass is 10.0. The third kappa shape index (κ3) is 4.02. The van der Waals surface area contributed by atoms with Crippen LogP contribution in [0.25, 0.3) is 39.4 Å². The maximum absolute atomic E-state index is 11.4. The van der Waals surface area contributed by atoms with E-state index in [1.54, 1.807) is 6.26 Å². The average Bonchev–Trinajstić information content (AvgIpc) is 3.19. The molecular formula is C25H19ClN4OS. The van der Waals surface area contributed by atoms with E-state index < -0.39 is 11.0 Å². The minimum atomic E-state index is -1.11. The number of anilines is 1. The molecule has 5 rings (SSSR count). The predicted molar refractivity (Wildman–Crippen MR) is 132 cm³/mol. The number of nitrogens with zero attached hydrogens (tertiary/aromatic N) is 3. The highest BCUT2D eigenvalue weighted by atomic mass is 35.5. The molecule has 158 valence electrons. The second-order valence-electron chi connectivity index (χ2n) is 7.31. The summed E-state index contributed by atoms with van der Waals surface area (Å²) in [5.74, 6) is 0. The highest BCUT2D eigenvalue weighted by Crippen LogP contribution is 2.35. The van der Waals surface area contributed by atoms with Crippen molar-refractivity contribution < 1.29 is 4.21 Å². The molecule has 0 fully saturated rings. The van der Waals surface area contributed by atoms with Crippen LogP contribution in [0, 0.1) is 0 Å². The van der Waals surface area contributed by atoms with Gasteiger partial charge in [-0.1, -0.05) is 41.9 Å². The Morgan fingerprint density at radius 1 is 0.906 bits per heavy atom. The van der Waals surface area contributed by atoms with Gasteiger partial charge in [-0.3, -0.25) is 9.38 Å². The zero-order valence-electron chi connectivity index (χ0n) is 17.2. The Balaban J connectivity index is 1.63.